The number of imidazole rings is 1. The molecule has 0 fully saturated rings. The van der Waals surface area contributed by atoms with E-state index in [4.69, 9.17) is 0 Å². The van der Waals surface area contributed by atoms with E-state index >= 15 is 0 Å². The fourth-order valence-corrected chi connectivity index (χ4v) is 1.69. The third-order valence-corrected chi connectivity index (χ3v) is 2.62. The van der Waals surface area contributed by atoms with E-state index in [9.17, 15) is 13.6 Å². The molecule has 1 aromatic carbocycles. The highest BCUT2D eigenvalue weighted by Crippen LogP contribution is 2.22. The summed E-state index contributed by atoms with van der Waals surface area (Å²) in [6.07, 6.45) is 0. The van der Waals surface area contributed by atoms with Gasteiger partial charge in [0, 0.05) is 11.3 Å². The maximum Gasteiger partial charge on any atom is 0.387 e. The Morgan fingerprint density at radius 3 is 2.50 bits per heavy atom. The Labute approximate surface area is 113 Å². The summed E-state index contributed by atoms with van der Waals surface area (Å²) in [6.45, 7) is -1.17. The molecule has 0 radical (unpaired) electrons. The lowest BCUT2D eigenvalue weighted by molar-refractivity contribution is -0.0498. The first-order valence-electron chi connectivity index (χ1n) is 5.71. The van der Waals surface area contributed by atoms with Gasteiger partial charge in [0.2, 0.25) is 0 Å². The molecule has 0 aliphatic heterocycles. The molecule has 0 aliphatic carbocycles. The van der Waals surface area contributed by atoms with Crippen LogP contribution in [0.4, 0.5) is 8.78 Å². The van der Waals surface area contributed by atoms with Crippen LogP contribution in [-0.4, -0.2) is 29.7 Å². The fraction of sp³-hybridized carbons (Fsp3) is 0.231. The van der Waals surface area contributed by atoms with Gasteiger partial charge in [0.25, 0.3) is 0 Å². The molecule has 106 valence electrons. The van der Waals surface area contributed by atoms with Gasteiger partial charge in [-0.05, 0) is 31.2 Å². The van der Waals surface area contributed by atoms with Crippen molar-refractivity contribution in [3.05, 3.63) is 35.7 Å². The monoisotopic (exact) mass is 282 g/mol. The van der Waals surface area contributed by atoms with Crippen molar-refractivity contribution in [3.63, 3.8) is 0 Å². The number of benzene rings is 1. The van der Waals surface area contributed by atoms with Gasteiger partial charge in [-0.15, -0.1) is 0 Å². The molecule has 2 aromatic rings. The Bertz CT molecular complexity index is 609. The number of nitrogens with zero attached hydrogens (tertiary/aromatic N) is 1. The second-order valence-electron chi connectivity index (χ2n) is 3.95. The van der Waals surface area contributed by atoms with Gasteiger partial charge < -0.3 is 14.5 Å². The standard InChI is InChI=1S/C13H12F2N2O3/c1-7-10(12(18)19-2)17-11(16-7)8-3-5-9(6-4-8)20-13(14)15/h3-6,13H,1-2H3,(H,16,17). The van der Waals surface area contributed by atoms with E-state index in [1.54, 1.807) is 19.1 Å². The number of H-pyrrole nitrogens is 1. The van der Waals surface area contributed by atoms with Crippen molar-refractivity contribution in [2.75, 3.05) is 7.11 Å². The van der Waals surface area contributed by atoms with Crippen molar-refractivity contribution in [2.45, 2.75) is 13.5 Å². The molecule has 0 saturated heterocycles. The Balaban J connectivity index is 2.26. The average molecular weight is 282 g/mol. The number of aromatic nitrogens is 2. The Morgan fingerprint density at radius 2 is 1.95 bits per heavy atom. The lowest BCUT2D eigenvalue weighted by Crippen LogP contribution is -2.03. The van der Waals surface area contributed by atoms with Crippen molar-refractivity contribution in [1.29, 1.82) is 0 Å². The summed E-state index contributed by atoms with van der Waals surface area (Å²) in [4.78, 5) is 18.5. The third-order valence-electron chi connectivity index (χ3n) is 2.62. The van der Waals surface area contributed by atoms with Crippen LogP contribution in [0.5, 0.6) is 5.75 Å². The minimum atomic E-state index is -2.86. The predicted octanol–water partition coefficient (Wildman–Crippen LogP) is 2.77. The number of ether oxygens (including phenoxy) is 2. The lowest BCUT2D eigenvalue weighted by Gasteiger charge is -2.04. The number of carbonyl (C=O) groups is 1. The van der Waals surface area contributed by atoms with E-state index in [-0.39, 0.29) is 11.4 Å². The highest BCUT2D eigenvalue weighted by atomic mass is 19.3. The SMILES string of the molecule is COC(=O)c1nc(-c2ccc(OC(F)F)cc2)[nH]c1C. The second-order valence-corrected chi connectivity index (χ2v) is 3.95. The molecule has 5 nitrogen and oxygen atoms in total. The van der Waals surface area contributed by atoms with E-state index in [1.165, 1.54) is 19.2 Å². The van der Waals surface area contributed by atoms with Crippen LogP contribution in [0, 0.1) is 6.92 Å². The summed E-state index contributed by atoms with van der Waals surface area (Å²) in [5, 5.41) is 0. The highest BCUT2D eigenvalue weighted by Gasteiger charge is 2.16. The normalized spacial score (nSPS) is 10.7. The molecule has 0 bridgehead atoms. The summed E-state index contributed by atoms with van der Waals surface area (Å²) in [5.41, 5.74) is 1.40. The zero-order chi connectivity index (χ0) is 14.7. The molecule has 0 saturated carbocycles. The quantitative estimate of drug-likeness (QED) is 0.876. The number of halogens is 2. The summed E-state index contributed by atoms with van der Waals surface area (Å²) < 4.78 is 32.9. The maximum atomic E-state index is 12.0. The van der Waals surface area contributed by atoms with Gasteiger partial charge in [0.15, 0.2) is 5.69 Å². The molecule has 0 atom stereocenters. The molecule has 0 aliphatic rings. The van der Waals surface area contributed by atoms with Gasteiger partial charge >= 0.3 is 12.6 Å². The summed E-state index contributed by atoms with van der Waals surface area (Å²) in [5.74, 6) is -0.0330. The van der Waals surface area contributed by atoms with Gasteiger partial charge in [-0.25, -0.2) is 9.78 Å². The molecular formula is C13H12F2N2O3. The van der Waals surface area contributed by atoms with Gasteiger partial charge in [-0.1, -0.05) is 0 Å². The molecular weight excluding hydrogens is 270 g/mol. The number of carbonyl (C=O) groups excluding carboxylic acids is 1. The summed E-state index contributed by atoms with van der Waals surface area (Å²) in [6, 6.07) is 5.93. The number of alkyl halides is 2. The molecule has 7 heteroatoms. The van der Waals surface area contributed by atoms with Crippen LogP contribution in [0.3, 0.4) is 0 Å². The molecule has 2 rings (SSSR count). The zero-order valence-electron chi connectivity index (χ0n) is 10.8. The number of nitrogens with one attached hydrogen (secondary N) is 1. The molecule has 0 unspecified atom stereocenters. The topological polar surface area (TPSA) is 64.2 Å². The molecule has 0 spiro atoms. The van der Waals surface area contributed by atoms with Crippen LogP contribution in [0.2, 0.25) is 0 Å². The van der Waals surface area contributed by atoms with E-state index in [2.05, 4.69) is 19.4 Å². The molecule has 20 heavy (non-hydrogen) atoms. The molecule has 1 aromatic heterocycles. The van der Waals surface area contributed by atoms with Gasteiger partial charge in [-0.2, -0.15) is 8.78 Å². The number of hydrogen-bond donors (Lipinski definition) is 1. The first kappa shape index (κ1) is 14.0. The Hall–Kier alpha value is -2.44. The van der Waals surface area contributed by atoms with Crippen molar-refractivity contribution >= 4 is 5.97 Å². The maximum absolute atomic E-state index is 12.0. The van der Waals surface area contributed by atoms with Crippen LogP contribution in [0.15, 0.2) is 24.3 Å². The Morgan fingerprint density at radius 1 is 1.30 bits per heavy atom. The number of esters is 1. The number of methoxy groups -OCH3 is 1. The van der Waals surface area contributed by atoms with Crippen LogP contribution in [0.25, 0.3) is 11.4 Å². The van der Waals surface area contributed by atoms with Gasteiger partial charge in [-0.3, -0.25) is 0 Å². The molecule has 0 amide bonds. The van der Waals surface area contributed by atoms with Crippen LogP contribution < -0.4 is 4.74 Å². The first-order chi connectivity index (χ1) is 9.51. The van der Waals surface area contributed by atoms with Crippen LogP contribution in [0.1, 0.15) is 16.2 Å². The van der Waals surface area contributed by atoms with Crippen molar-refractivity contribution in [1.82, 2.24) is 9.97 Å². The zero-order valence-corrected chi connectivity index (χ0v) is 10.8. The molecule has 1 heterocycles. The van der Waals surface area contributed by atoms with E-state index in [0.29, 0.717) is 17.1 Å². The average Bonchev–Trinajstić information content (AvgIpc) is 2.80. The van der Waals surface area contributed by atoms with Crippen LogP contribution in [-0.2, 0) is 4.74 Å². The third kappa shape index (κ3) is 2.93. The van der Waals surface area contributed by atoms with Gasteiger partial charge in [0.1, 0.15) is 11.6 Å². The summed E-state index contributed by atoms with van der Waals surface area (Å²) in [7, 11) is 1.27. The molecule has 1 N–H and O–H groups in total. The number of aryl methyl sites for hydroxylation is 1. The first-order valence-corrected chi connectivity index (χ1v) is 5.71. The van der Waals surface area contributed by atoms with Crippen LogP contribution >= 0.6 is 0 Å². The fourth-order valence-electron chi connectivity index (χ4n) is 1.69. The smallest absolute Gasteiger partial charge is 0.387 e. The Kier molecular flexibility index (Phi) is 3.97. The predicted molar refractivity (Wildman–Crippen MR) is 66.7 cm³/mol. The van der Waals surface area contributed by atoms with Gasteiger partial charge in [0.05, 0.1) is 7.11 Å². The number of hydrogen-bond acceptors (Lipinski definition) is 4. The minimum Gasteiger partial charge on any atom is -0.464 e. The highest BCUT2D eigenvalue weighted by molar-refractivity contribution is 5.89. The largest absolute Gasteiger partial charge is 0.464 e. The van der Waals surface area contributed by atoms with Crippen molar-refractivity contribution in [3.8, 4) is 17.1 Å². The van der Waals surface area contributed by atoms with E-state index < -0.39 is 12.6 Å². The van der Waals surface area contributed by atoms with E-state index in [0.717, 1.165) is 0 Å². The summed E-state index contributed by atoms with van der Waals surface area (Å²) >= 11 is 0. The second kappa shape index (κ2) is 5.68. The van der Waals surface area contributed by atoms with Crippen molar-refractivity contribution in [2.24, 2.45) is 0 Å². The minimum absolute atomic E-state index is 0.0558. The number of aromatic amines is 1. The van der Waals surface area contributed by atoms with E-state index in [1.807, 2.05) is 0 Å². The number of rotatable bonds is 4. The van der Waals surface area contributed by atoms with Crippen molar-refractivity contribution < 1.29 is 23.0 Å². The lowest BCUT2D eigenvalue weighted by atomic mass is 10.2.